The first kappa shape index (κ1) is 12.5. The molecular formula is C11H16ClO-. The van der Waals surface area contributed by atoms with Crippen molar-refractivity contribution in [3.8, 4) is 0 Å². The number of hydrogen-bond donors (Lipinski definition) is 0. The third kappa shape index (κ3) is 4.91. The lowest BCUT2D eigenvalue weighted by molar-refractivity contribution is -0.166. The molecule has 0 spiro atoms. The van der Waals surface area contributed by atoms with Crippen LogP contribution < -0.4 is 4.66 Å². The lowest BCUT2D eigenvalue weighted by Gasteiger charge is -2.08. The molecule has 1 nitrogen and oxygen atoms in total. The van der Waals surface area contributed by atoms with E-state index in [1.165, 1.54) is 18.4 Å². The van der Waals surface area contributed by atoms with Crippen LogP contribution in [0.2, 0.25) is 0 Å². The first-order valence-electron chi connectivity index (χ1n) is 4.55. The van der Waals surface area contributed by atoms with Gasteiger partial charge in [-0.05, 0) is 17.9 Å². The van der Waals surface area contributed by atoms with E-state index in [2.05, 4.69) is 56.0 Å². The maximum atomic E-state index is 7.72. The molecule has 0 aliphatic carbocycles. The Labute approximate surface area is 85.5 Å². The van der Waals surface area contributed by atoms with Gasteiger partial charge >= 0.3 is 0 Å². The number of rotatable bonds is 3. The van der Waals surface area contributed by atoms with E-state index in [4.69, 9.17) is 4.66 Å². The fraction of sp³-hybridized carbons (Fsp3) is 0.455. The fourth-order valence-electron chi connectivity index (χ4n) is 1.38. The van der Waals surface area contributed by atoms with Crippen molar-refractivity contribution in [2.75, 3.05) is 0 Å². The Kier molecular flexibility index (Phi) is 7.76. The van der Waals surface area contributed by atoms with Crippen molar-refractivity contribution in [1.82, 2.24) is 0 Å². The molecule has 0 N–H and O–H groups in total. The van der Waals surface area contributed by atoms with Crippen LogP contribution in [0.25, 0.3) is 0 Å². The molecule has 0 saturated carbocycles. The molecule has 13 heavy (non-hydrogen) atoms. The van der Waals surface area contributed by atoms with E-state index in [1.54, 1.807) is 0 Å². The zero-order valence-corrected chi connectivity index (χ0v) is 8.92. The monoisotopic (exact) mass is 199 g/mol. The molecule has 0 bridgehead atoms. The minimum atomic E-state index is 0.723. The van der Waals surface area contributed by atoms with Crippen LogP contribution in [-0.2, 0) is 0 Å². The molecule has 0 amide bonds. The maximum absolute atomic E-state index is 7.72. The highest BCUT2D eigenvalue weighted by Crippen LogP contribution is 2.19. The van der Waals surface area contributed by atoms with Gasteiger partial charge in [-0.1, -0.05) is 50.6 Å². The Morgan fingerprint density at radius 1 is 1.23 bits per heavy atom. The molecule has 1 aromatic rings. The van der Waals surface area contributed by atoms with E-state index < -0.39 is 0 Å². The molecule has 0 saturated heterocycles. The van der Waals surface area contributed by atoms with E-state index in [0.717, 1.165) is 5.92 Å². The molecule has 0 aromatic heterocycles. The van der Waals surface area contributed by atoms with Gasteiger partial charge in [-0.15, -0.1) is 0 Å². The topological polar surface area (TPSA) is 23.1 Å². The molecule has 0 aliphatic heterocycles. The van der Waals surface area contributed by atoms with Crippen LogP contribution in [-0.4, -0.2) is 0 Å². The highest BCUT2D eigenvalue weighted by atomic mass is 35.5. The second-order valence-electron chi connectivity index (χ2n) is 3.10. The third-order valence-electron chi connectivity index (χ3n) is 2.09. The number of halogens is 1. The fourth-order valence-corrected chi connectivity index (χ4v) is 1.38. The summed E-state index contributed by atoms with van der Waals surface area (Å²) >= 11 is 3.39. The van der Waals surface area contributed by atoms with Crippen molar-refractivity contribution in [2.24, 2.45) is 0 Å². The Hall–Kier alpha value is -0.530. The highest BCUT2D eigenvalue weighted by molar-refractivity contribution is 6.02. The van der Waals surface area contributed by atoms with E-state index in [-0.39, 0.29) is 0 Å². The van der Waals surface area contributed by atoms with Gasteiger partial charge in [0.15, 0.2) is 0 Å². The van der Waals surface area contributed by atoms with Crippen LogP contribution in [0.3, 0.4) is 0 Å². The second-order valence-corrected chi connectivity index (χ2v) is 3.10. The standard InChI is InChI=1S/C11H16.ClO/c1-3-7-10(2)11-8-5-4-6-9-11;1-2/h4-6,8-10H,3,7H2,1-2H3;/q;-1. The largest absolute Gasteiger partial charge is 0.769 e. The molecule has 1 aromatic carbocycles. The minimum absolute atomic E-state index is 0.723. The normalized spacial score (nSPS) is 11.4. The molecular weight excluding hydrogens is 184 g/mol. The minimum Gasteiger partial charge on any atom is -0.769 e. The number of benzene rings is 1. The van der Waals surface area contributed by atoms with E-state index in [0.29, 0.717) is 0 Å². The van der Waals surface area contributed by atoms with Crippen LogP contribution in [0.4, 0.5) is 0 Å². The van der Waals surface area contributed by atoms with Crippen molar-refractivity contribution in [2.45, 2.75) is 32.6 Å². The summed E-state index contributed by atoms with van der Waals surface area (Å²) in [4.78, 5) is 0. The van der Waals surface area contributed by atoms with Crippen LogP contribution in [0.5, 0.6) is 0 Å². The van der Waals surface area contributed by atoms with Crippen LogP contribution in [0, 0.1) is 0 Å². The lowest BCUT2D eigenvalue weighted by Crippen LogP contribution is -1.91. The van der Waals surface area contributed by atoms with Crippen molar-refractivity contribution in [3.05, 3.63) is 35.9 Å². The first-order valence-corrected chi connectivity index (χ1v) is 4.85. The van der Waals surface area contributed by atoms with Gasteiger partial charge in [0.2, 0.25) is 0 Å². The molecule has 0 aliphatic rings. The predicted molar refractivity (Wildman–Crippen MR) is 55.6 cm³/mol. The van der Waals surface area contributed by atoms with Gasteiger partial charge in [0.05, 0.1) is 0 Å². The quantitative estimate of drug-likeness (QED) is 0.734. The predicted octanol–water partition coefficient (Wildman–Crippen LogP) is 3.09. The van der Waals surface area contributed by atoms with E-state index >= 15 is 0 Å². The molecule has 0 radical (unpaired) electrons. The molecule has 1 unspecified atom stereocenters. The first-order chi connectivity index (χ1) is 6.34. The second kappa shape index (κ2) is 8.09. The van der Waals surface area contributed by atoms with Crippen LogP contribution >= 0.6 is 11.9 Å². The van der Waals surface area contributed by atoms with Gasteiger partial charge in [-0.2, -0.15) is 0 Å². The van der Waals surface area contributed by atoms with Crippen LogP contribution in [0.15, 0.2) is 30.3 Å². The molecule has 1 rings (SSSR count). The summed E-state index contributed by atoms with van der Waals surface area (Å²) in [6.07, 6.45) is 2.57. The van der Waals surface area contributed by atoms with E-state index in [1.807, 2.05) is 0 Å². The average molecular weight is 200 g/mol. The van der Waals surface area contributed by atoms with Crippen molar-refractivity contribution < 1.29 is 4.66 Å². The average Bonchev–Trinajstić information content (AvgIpc) is 2.23. The van der Waals surface area contributed by atoms with Gasteiger partial charge < -0.3 is 4.66 Å². The summed E-state index contributed by atoms with van der Waals surface area (Å²) in [5.74, 6) is 0.723. The summed E-state index contributed by atoms with van der Waals surface area (Å²) in [7, 11) is 0. The molecule has 0 fully saturated rings. The van der Waals surface area contributed by atoms with Gasteiger partial charge in [0.1, 0.15) is 0 Å². The molecule has 2 heteroatoms. The summed E-state index contributed by atoms with van der Waals surface area (Å²) in [6.45, 7) is 4.53. The van der Waals surface area contributed by atoms with Gasteiger partial charge in [-0.25, -0.2) is 11.9 Å². The molecule has 0 heterocycles. The maximum Gasteiger partial charge on any atom is -0.0190 e. The van der Waals surface area contributed by atoms with Crippen LogP contribution in [0.1, 0.15) is 38.2 Å². The number of hydrogen-bond acceptors (Lipinski definition) is 1. The Bertz CT molecular complexity index is 199. The van der Waals surface area contributed by atoms with E-state index in [9.17, 15) is 0 Å². The lowest BCUT2D eigenvalue weighted by atomic mass is 9.97. The van der Waals surface area contributed by atoms with Crippen molar-refractivity contribution >= 4 is 11.9 Å². The van der Waals surface area contributed by atoms with Crippen molar-refractivity contribution in [3.63, 3.8) is 0 Å². The zero-order valence-electron chi connectivity index (χ0n) is 8.16. The van der Waals surface area contributed by atoms with Gasteiger partial charge in [0, 0.05) is 0 Å². The Morgan fingerprint density at radius 2 is 1.77 bits per heavy atom. The SMILES string of the molecule is CCCC(C)c1ccccc1.[O-]Cl. The highest BCUT2D eigenvalue weighted by Gasteiger charge is 2.01. The Balaban J connectivity index is 0.000000671. The Morgan fingerprint density at radius 3 is 2.23 bits per heavy atom. The van der Waals surface area contributed by atoms with Gasteiger partial charge in [-0.3, -0.25) is 0 Å². The van der Waals surface area contributed by atoms with Crippen molar-refractivity contribution in [1.29, 1.82) is 0 Å². The van der Waals surface area contributed by atoms with Gasteiger partial charge in [0.25, 0.3) is 0 Å². The molecule has 74 valence electrons. The third-order valence-corrected chi connectivity index (χ3v) is 2.09. The summed E-state index contributed by atoms with van der Waals surface area (Å²) in [5.41, 5.74) is 1.47. The summed E-state index contributed by atoms with van der Waals surface area (Å²) in [6, 6.07) is 10.7. The molecule has 1 atom stereocenters. The summed E-state index contributed by atoms with van der Waals surface area (Å²) < 4.78 is 7.72. The summed E-state index contributed by atoms with van der Waals surface area (Å²) in [5, 5.41) is 0. The smallest absolute Gasteiger partial charge is 0.0190 e. The zero-order chi connectivity index (χ0) is 10.1.